The zero-order valence-electron chi connectivity index (χ0n) is 6.78. The van der Waals surface area contributed by atoms with E-state index in [1.54, 1.807) is 0 Å². The van der Waals surface area contributed by atoms with E-state index in [0.717, 1.165) is 0 Å². The molecule has 0 bridgehead atoms. The van der Waals surface area contributed by atoms with Crippen molar-refractivity contribution in [2.45, 2.75) is 5.16 Å². The van der Waals surface area contributed by atoms with Gasteiger partial charge in [-0.2, -0.15) is 5.10 Å². The second-order valence-electron chi connectivity index (χ2n) is 2.06. The van der Waals surface area contributed by atoms with Gasteiger partial charge in [0.1, 0.15) is 6.33 Å². The molecule has 1 aromatic heterocycles. The molecular formula is C7H8N4OS. The van der Waals surface area contributed by atoms with Crippen molar-refractivity contribution >= 4 is 17.7 Å². The highest BCUT2D eigenvalue weighted by Crippen LogP contribution is 2.08. The lowest BCUT2D eigenvalue weighted by Crippen LogP contribution is -2.25. The lowest BCUT2D eigenvalue weighted by Gasteiger charge is -1.98. The van der Waals surface area contributed by atoms with Gasteiger partial charge in [-0.25, -0.2) is 4.98 Å². The molecule has 13 heavy (non-hydrogen) atoms. The normalized spacial score (nSPS) is 9.15. The number of rotatable bonds is 4. The van der Waals surface area contributed by atoms with Gasteiger partial charge in [0, 0.05) is 0 Å². The number of amides is 1. The molecule has 1 rings (SSSR count). The molecule has 1 aromatic rings. The molecule has 6 heteroatoms. The summed E-state index contributed by atoms with van der Waals surface area (Å²) in [6.45, 7) is 0.260. The first-order valence-corrected chi connectivity index (χ1v) is 4.50. The van der Waals surface area contributed by atoms with E-state index < -0.39 is 0 Å². The summed E-state index contributed by atoms with van der Waals surface area (Å²) in [6, 6.07) is 0. The molecule has 5 nitrogen and oxygen atoms in total. The molecule has 0 aromatic carbocycles. The number of carbonyl (C=O) groups is 1. The number of carbonyl (C=O) groups excluding carboxylic acids is 1. The highest BCUT2D eigenvalue weighted by molar-refractivity contribution is 7.99. The molecule has 0 atom stereocenters. The van der Waals surface area contributed by atoms with Crippen LogP contribution in [0, 0.1) is 12.3 Å². The highest BCUT2D eigenvalue weighted by atomic mass is 32.2. The molecule has 0 saturated carbocycles. The van der Waals surface area contributed by atoms with Crippen molar-refractivity contribution in [1.82, 2.24) is 20.5 Å². The third-order valence-electron chi connectivity index (χ3n) is 1.12. The third-order valence-corrected chi connectivity index (χ3v) is 2.00. The van der Waals surface area contributed by atoms with Gasteiger partial charge >= 0.3 is 0 Å². The van der Waals surface area contributed by atoms with Crippen LogP contribution in [0.2, 0.25) is 0 Å². The Morgan fingerprint density at radius 3 is 3.31 bits per heavy atom. The molecule has 0 aliphatic heterocycles. The van der Waals surface area contributed by atoms with Gasteiger partial charge in [-0.15, -0.1) is 6.42 Å². The van der Waals surface area contributed by atoms with Crippen LogP contribution >= 0.6 is 11.8 Å². The fourth-order valence-electron chi connectivity index (χ4n) is 0.598. The van der Waals surface area contributed by atoms with Gasteiger partial charge in [0.2, 0.25) is 5.91 Å². The molecule has 1 amide bonds. The lowest BCUT2D eigenvalue weighted by atomic mass is 10.6. The van der Waals surface area contributed by atoms with Crippen LogP contribution in [0.1, 0.15) is 0 Å². The molecule has 0 spiro atoms. The van der Waals surface area contributed by atoms with E-state index in [4.69, 9.17) is 6.42 Å². The standard InChI is InChI=1S/C7H8N4OS/c1-2-3-8-6(12)4-13-7-9-5-10-11-7/h1,5H,3-4H2,(H,8,12)(H,9,10,11). The number of nitrogens with zero attached hydrogens (tertiary/aromatic N) is 2. The monoisotopic (exact) mass is 196 g/mol. The molecule has 1 heterocycles. The summed E-state index contributed by atoms with van der Waals surface area (Å²) in [5.41, 5.74) is 0. The Labute approximate surface area is 79.7 Å². The van der Waals surface area contributed by atoms with Crippen LogP contribution in [0.15, 0.2) is 11.5 Å². The van der Waals surface area contributed by atoms with Crippen molar-refractivity contribution in [3.63, 3.8) is 0 Å². The number of hydrogen-bond donors (Lipinski definition) is 2. The zero-order chi connectivity index (χ0) is 9.52. The summed E-state index contributed by atoms with van der Waals surface area (Å²) in [6.07, 6.45) is 6.36. The number of nitrogens with one attached hydrogen (secondary N) is 2. The summed E-state index contributed by atoms with van der Waals surface area (Å²) < 4.78 is 0. The van der Waals surface area contributed by atoms with Crippen LogP contribution < -0.4 is 5.32 Å². The van der Waals surface area contributed by atoms with E-state index in [2.05, 4.69) is 26.4 Å². The highest BCUT2D eigenvalue weighted by Gasteiger charge is 2.02. The van der Waals surface area contributed by atoms with Crippen LogP contribution in [0.4, 0.5) is 0 Å². The Morgan fingerprint density at radius 1 is 1.85 bits per heavy atom. The van der Waals surface area contributed by atoms with Gasteiger partial charge in [-0.05, 0) is 0 Å². The SMILES string of the molecule is C#CCNC(=O)CSc1ncn[nH]1. The van der Waals surface area contributed by atoms with Crippen LogP contribution in [-0.2, 0) is 4.79 Å². The molecule has 0 aliphatic rings. The third kappa shape index (κ3) is 3.62. The van der Waals surface area contributed by atoms with Gasteiger partial charge in [0.15, 0.2) is 5.16 Å². The molecule has 2 N–H and O–H groups in total. The van der Waals surface area contributed by atoms with Crippen molar-refractivity contribution in [2.24, 2.45) is 0 Å². The number of hydrogen-bond acceptors (Lipinski definition) is 4. The Morgan fingerprint density at radius 2 is 2.69 bits per heavy atom. The molecule has 68 valence electrons. The zero-order valence-corrected chi connectivity index (χ0v) is 7.60. The van der Waals surface area contributed by atoms with E-state index in [1.807, 2.05) is 0 Å². The summed E-state index contributed by atoms with van der Waals surface area (Å²) in [7, 11) is 0. The van der Waals surface area contributed by atoms with Crippen molar-refractivity contribution < 1.29 is 4.79 Å². The number of aromatic nitrogens is 3. The quantitative estimate of drug-likeness (QED) is 0.510. The smallest absolute Gasteiger partial charge is 0.231 e. The first-order chi connectivity index (χ1) is 6.33. The topological polar surface area (TPSA) is 70.7 Å². The maximum absolute atomic E-state index is 11.0. The summed E-state index contributed by atoms with van der Waals surface area (Å²) in [4.78, 5) is 14.9. The van der Waals surface area contributed by atoms with E-state index in [-0.39, 0.29) is 18.2 Å². The van der Waals surface area contributed by atoms with E-state index in [1.165, 1.54) is 18.1 Å². The number of thioether (sulfide) groups is 1. The molecule has 0 fully saturated rings. The largest absolute Gasteiger partial charge is 0.344 e. The van der Waals surface area contributed by atoms with Crippen molar-refractivity contribution in [3.8, 4) is 12.3 Å². The van der Waals surface area contributed by atoms with Crippen molar-refractivity contribution in [2.75, 3.05) is 12.3 Å². The Balaban J connectivity index is 2.20. The second kappa shape index (κ2) is 5.22. The fraction of sp³-hybridized carbons (Fsp3) is 0.286. The van der Waals surface area contributed by atoms with Crippen molar-refractivity contribution in [3.05, 3.63) is 6.33 Å². The number of terminal acetylenes is 1. The Hall–Kier alpha value is -1.48. The van der Waals surface area contributed by atoms with E-state index in [0.29, 0.717) is 5.16 Å². The van der Waals surface area contributed by atoms with E-state index in [9.17, 15) is 4.79 Å². The molecular weight excluding hydrogens is 188 g/mol. The average molecular weight is 196 g/mol. The average Bonchev–Trinajstić information content (AvgIpc) is 2.64. The first-order valence-electron chi connectivity index (χ1n) is 3.51. The second-order valence-corrected chi connectivity index (χ2v) is 3.02. The molecule has 0 saturated heterocycles. The molecule has 0 radical (unpaired) electrons. The number of aromatic amines is 1. The van der Waals surface area contributed by atoms with Crippen molar-refractivity contribution in [1.29, 1.82) is 0 Å². The molecule has 0 aliphatic carbocycles. The maximum Gasteiger partial charge on any atom is 0.231 e. The lowest BCUT2D eigenvalue weighted by molar-refractivity contribution is -0.118. The summed E-state index contributed by atoms with van der Waals surface area (Å²) >= 11 is 1.28. The Kier molecular flexibility index (Phi) is 3.85. The van der Waals surface area contributed by atoms with Gasteiger partial charge < -0.3 is 5.32 Å². The summed E-state index contributed by atoms with van der Waals surface area (Å²) in [5, 5.41) is 9.43. The fourth-order valence-corrected chi connectivity index (χ4v) is 1.21. The van der Waals surface area contributed by atoms with Gasteiger partial charge in [0.05, 0.1) is 12.3 Å². The number of H-pyrrole nitrogens is 1. The maximum atomic E-state index is 11.0. The van der Waals surface area contributed by atoms with Gasteiger partial charge in [-0.1, -0.05) is 17.7 Å². The molecule has 0 unspecified atom stereocenters. The summed E-state index contributed by atoms with van der Waals surface area (Å²) in [5.74, 6) is 2.49. The van der Waals surface area contributed by atoms with E-state index >= 15 is 0 Å². The minimum Gasteiger partial charge on any atom is -0.344 e. The predicted molar refractivity (Wildman–Crippen MR) is 48.9 cm³/mol. The predicted octanol–water partition coefficient (Wildman–Crippen LogP) is -0.354. The van der Waals surface area contributed by atoms with Crippen LogP contribution in [0.25, 0.3) is 0 Å². The van der Waals surface area contributed by atoms with Gasteiger partial charge in [-0.3, -0.25) is 9.89 Å². The minimum absolute atomic E-state index is 0.112. The minimum atomic E-state index is -0.112. The first kappa shape index (κ1) is 9.61. The van der Waals surface area contributed by atoms with Crippen LogP contribution in [0.3, 0.4) is 0 Å². The van der Waals surface area contributed by atoms with Crippen LogP contribution in [-0.4, -0.2) is 33.4 Å². The van der Waals surface area contributed by atoms with Crippen LogP contribution in [0.5, 0.6) is 0 Å². The Bertz CT molecular complexity index is 303. The van der Waals surface area contributed by atoms with Gasteiger partial charge in [0.25, 0.3) is 0 Å².